The maximum absolute atomic E-state index is 12.0. The first kappa shape index (κ1) is 13.2. The number of aliphatic hydroxyl groups excluding tert-OH is 2. The lowest BCUT2D eigenvalue weighted by Crippen LogP contribution is -2.59. The third-order valence-electron chi connectivity index (χ3n) is 3.46. The van der Waals surface area contributed by atoms with E-state index >= 15 is 0 Å². The molecule has 3 rings (SSSR count). The highest BCUT2D eigenvalue weighted by Crippen LogP contribution is 2.36. The smallest absolute Gasteiger partial charge is 0.252 e. The summed E-state index contributed by atoms with van der Waals surface area (Å²) in [6, 6.07) is -0.342. The number of amides is 1. The quantitative estimate of drug-likeness (QED) is 0.488. The van der Waals surface area contributed by atoms with E-state index in [1.54, 1.807) is 7.05 Å². The zero-order valence-electron chi connectivity index (χ0n) is 10.4. The van der Waals surface area contributed by atoms with Crippen molar-refractivity contribution in [2.45, 2.75) is 48.7 Å². The van der Waals surface area contributed by atoms with Crippen LogP contribution in [0.5, 0.6) is 0 Å². The second-order valence-electron chi connectivity index (χ2n) is 4.98. The van der Waals surface area contributed by atoms with Crippen LogP contribution in [0, 0.1) is 0 Å². The summed E-state index contributed by atoms with van der Waals surface area (Å²) in [4.78, 5) is 16.2. The minimum atomic E-state index is -1.25. The van der Waals surface area contributed by atoms with Gasteiger partial charge in [0.25, 0.3) is 5.91 Å². The van der Waals surface area contributed by atoms with Crippen molar-refractivity contribution in [1.82, 2.24) is 10.6 Å². The molecule has 0 bridgehead atoms. The lowest BCUT2D eigenvalue weighted by atomic mass is 9.98. The molecule has 0 aromatic heterocycles. The molecule has 7 nitrogen and oxygen atoms in total. The highest BCUT2D eigenvalue weighted by atomic mass is 32.2. The van der Waals surface area contributed by atoms with Crippen LogP contribution in [0.25, 0.3) is 0 Å². The van der Waals surface area contributed by atoms with Gasteiger partial charge in [0.15, 0.2) is 11.3 Å². The standard InChI is InChI=1S/C11H17N3O4S/c1-12-11-14-5-6(15)7(16)8(18-10(5)19-11)9(17)13-4-2-3-4/h4-8,10,15-16H,2-3H2,1H3,(H,12,14)(H,13,17)/t5-,6+,7-,8-,10-/m0/s1. The van der Waals surface area contributed by atoms with E-state index in [2.05, 4.69) is 15.6 Å². The molecule has 5 atom stereocenters. The summed E-state index contributed by atoms with van der Waals surface area (Å²) in [5.41, 5.74) is -0.434. The van der Waals surface area contributed by atoms with Crippen molar-refractivity contribution in [3.05, 3.63) is 0 Å². The van der Waals surface area contributed by atoms with E-state index in [0.29, 0.717) is 5.17 Å². The number of aliphatic imine (C=N–C) groups is 1. The van der Waals surface area contributed by atoms with E-state index in [1.165, 1.54) is 11.8 Å². The molecule has 1 amide bonds. The Balaban J connectivity index is 1.70. The van der Waals surface area contributed by atoms with E-state index in [4.69, 9.17) is 4.74 Å². The van der Waals surface area contributed by atoms with Crippen LogP contribution in [0.1, 0.15) is 12.8 Å². The number of carbonyl (C=O) groups is 1. The fourth-order valence-corrected chi connectivity index (χ4v) is 3.27. The fraction of sp³-hybridized carbons (Fsp3) is 0.818. The van der Waals surface area contributed by atoms with Gasteiger partial charge in [-0.1, -0.05) is 11.8 Å². The molecule has 0 unspecified atom stereocenters. The zero-order chi connectivity index (χ0) is 13.6. The van der Waals surface area contributed by atoms with Crippen molar-refractivity contribution in [2.24, 2.45) is 4.99 Å². The molecule has 0 spiro atoms. The van der Waals surface area contributed by atoms with E-state index < -0.39 is 29.8 Å². The van der Waals surface area contributed by atoms with Crippen molar-refractivity contribution in [2.75, 3.05) is 7.05 Å². The van der Waals surface area contributed by atoms with Crippen LogP contribution < -0.4 is 10.6 Å². The topological polar surface area (TPSA) is 103 Å². The molecule has 4 N–H and O–H groups in total. The zero-order valence-corrected chi connectivity index (χ0v) is 11.3. The predicted molar refractivity (Wildman–Crippen MR) is 69.7 cm³/mol. The van der Waals surface area contributed by atoms with Crippen LogP contribution >= 0.6 is 11.8 Å². The monoisotopic (exact) mass is 287 g/mol. The van der Waals surface area contributed by atoms with Crippen molar-refractivity contribution in [1.29, 1.82) is 0 Å². The number of fused-ring (bicyclic) bond motifs is 1. The van der Waals surface area contributed by atoms with Crippen molar-refractivity contribution in [3.63, 3.8) is 0 Å². The number of amidine groups is 1. The van der Waals surface area contributed by atoms with Crippen LogP contribution in [0.2, 0.25) is 0 Å². The Kier molecular flexibility index (Phi) is 3.42. The molecule has 2 fully saturated rings. The van der Waals surface area contributed by atoms with Gasteiger partial charge in [-0.25, -0.2) is 0 Å². The first-order valence-corrected chi connectivity index (χ1v) is 7.22. The van der Waals surface area contributed by atoms with E-state index in [9.17, 15) is 15.0 Å². The number of nitrogens with zero attached hydrogens (tertiary/aromatic N) is 1. The predicted octanol–water partition coefficient (Wildman–Crippen LogP) is -1.60. The molecular weight excluding hydrogens is 270 g/mol. The average molecular weight is 287 g/mol. The minimum absolute atomic E-state index is 0.193. The normalized spacial score (nSPS) is 41.4. The molecule has 0 aromatic rings. The van der Waals surface area contributed by atoms with Gasteiger partial charge in [0.05, 0.1) is 0 Å². The summed E-state index contributed by atoms with van der Waals surface area (Å²) in [5, 5.41) is 26.4. The van der Waals surface area contributed by atoms with Gasteiger partial charge in [-0.15, -0.1) is 0 Å². The Bertz CT molecular complexity index is 415. The third kappa shape index (κ3) is 2.45. The number of nitrogens with one attached hydrogen (secondary N) is 2. The van der Waals surface area contributed by atoms with Crippen LogP contribution in [-0.2, 0) is 9.53 Å². The summed E-state index contributed by atoms with van der Waals surface area (Å²) in [6.07, 6.45) is -1.45. The highest BCUT2D eigenvalue weighted by Gasteiger charge is 2.50. The Morgan fingerprint density at radius 1 is 1.42 bits per heavy atom. The highest BCUT2D eigenvalue weighted by molar-refractivity contribution is 8.14. The van der Waals surface area contributed by atoms with Gasteiger partial charge in [0.2, 0.25) is 0 Å². The van der Waals surface area contributed by atoms with Gasteiger partial charge in [-0.3, -0.25) is 9.79 Å². The number of ether oxygens (including phenoxy) is 1. The first-order valence-electron chi connectivity index (χ1n) is 6.34. The lowest BCUT2D eigenvalue weighted by Gasteiger charge is -2.37. The number of thioether (sulfide) groups is 1. The van der Waals surface area contributed by atoms with Crippen molar-refractivity contribution < 1.29 is 19.7 Å². The SMILES string of the molecule is CNC1=N[C@H]2[C@@H](O)[C@H](O)[C@@H](C(=O)NC3CC3)O[C@H]2S1. The summed E-state index contributed by atoms with van der Waals surface area (Å²) in [6.45, 7) is 0. The van der Waals surface area contributed by atoms with E-state index in [0.717, 1.165) is 12.8 Å². The fourth-order valence-electron chi connectivity index (χ4n) is 2.21. The average Bonchev–Trinajstić information content (AvgIpc) is 3.10. The number of carbonyl (C=O) groups excluding carboxylic acids is 1. The van der Waals surface area contributed by atoms with Crippen LogP contribution in [0.3, 0.4) is 0 Å². The van der Waals surface area contributed by atoms with Crippen LogP contribution in [0.4, 0.5) is 0 Å². The second-order valence-corrected chi connectivity index (χ2v) is 6.07. The van der Waals surface area contributed by atoms with Gasteiger partial charge in [-0.2, -0.15) is 0 Å². The van der Waals surface area contributed by atoms with Gasteiger partial charge < -0.3 is 25.6 Å². The van der Waals surface area contributed by atoms with E-state index in [-0.39, 0.29) is 11.9 Å². The molecule has 2 heterocycles. The third-order valence-corrected chi connectivity index (χ3v) is 4.61. The number of hydrogen-bond acceptors (Lipinski definition) is 7. The lowest BCUT2D eigenvalue weighted by molar-refractivity contribution is -0.171. The number of hydrogen-bond donors (Lipinski definition) is 4. The maximum atomic E-state index is 12.0. The van der Waals surface area contributed by atoms with Gasteiger partial charge in [-0.05, 0) is 12.8 Å². The molecular formula is C11H17N3O4S. The molecule has 19 heavy (non-hydrogen) atoms. The molecule has 0 aromatic carbocycles. The maximum Gasteiger partial charge on any atom is 0.252 e. The summed E-state index contributed by atoms with van der Waals surface area (Å²) >= 11 is 1.32. The number of rotatable bonds is 2. The molecule has 1 aliphatic carbocycles. The largest absolute Gasteiger partial charge is 0.388 e. The van der Waals surface area contributed by atoms with Gasteiger partial charge in [0.1, 0.15) is 23.7 Å². The minimum Gasteiger partial charge on any atom is -0.388 e. The molecule has 1 saturated carbocycles. The molecule has 0 radical (unpaired) electrons. The Hall–Kier alpha value is -0.830. The summed E-state index contributed by atoms with van der Waals surface area (Å²) < 4.78 is 5.60. The Morgan fingerprint density at radius 2 is 2.16 bits per heavy atom. The van der Waals surface area contributed by atoms with Crippen LogP contribution in [0.15, 0.2) is 4.99 Å². The Labute approximate surface area is 114 Å². The first-order chi connectivity index (χ1) is 9.10. The molecule has 3 aliphatic rings. The molecule has 1 saturated heterocycles. The van der Waals surface area contributed by atoms with Gasteiger partial charge >= 0.3 is 0 Å². The summed E-state index contributed by atoms with van der Waals surface area (Å²) in [5.74, 6) is -0.356. The van der Waals surface area contributed by atoms with Crippen molar-refractivity contribution >= 4 is 22.8 Å². The van der Waals surface area contributed by atoms with Crippen molar-refractivity contribution in [3.8, 4) is 0 Å². The summed E-state index contributed by atoms with van der Waals surface area (Å²) in [7, 11) is 1.73. The Morgan fingerprint density at radius 3 is 2.79 bits per heavy atom. The molecule has 8 heteroatoms. The second kappa shape index (κ2) is 4.93. The molecule has 106 valence electrons. The number of aliphatic hydroxyl groups is 2. The van der Waals surface area contributed by atoms with E-state index in [1.807, 2.05) is 0 Å². The van der Waals surface area contributed by atoms with Crippen LogP contribution in [-0.4, -0.2) is 64.2 Å². The van der Waals surface area contributed by atoms with Gasteiger partial charge in [0, 0.05) is 13.1 Å². The molecule has 2 aliphatic heterocycles.